The van der Waals surface area contributed by atoms with E-state index in [0.29, 0.717) is 0 Å². The summed E-state index contributed by atoms with van der Waals surface area (Å²) < 4.78 is 0. The van der Waals surface area contributed by atoms with Crippen molar-refractivity contribution >= 4 is 70.9 Å². The summed E-state index contributed by atoms with van der Waals surface area (Å²) >= 11 is 0. The predicted octanol–water partition coefficient (Wildman–Crippen LogP) is 19.3. The maximum absolute atomic E-state index is 2.41. The van der Waals surface area contributed by atoms with Crippen molar-refractivity contribution in [3.63, 3.8) is 0 Å². The summed E-state index contributed by atoms with van der Waals surface area (Å²) in [5.41, 5.74) is 15.4. The predicted molar refractivity (Wildman–Crippen MR) is 296 cm³/mol. The van der Waals surface area contributed by atoms with Crippen LogP contribution < -0.4 is 4.90 Å². The van der Waals surface area contributed by atoms with Crippen molar-refractivity contribution in [2.75, 3.05) is 4.90 Å². The zero-order valence-corrected chi connectivity index (χ0v) is 37.9. The molecule has 0 aliphatic heterocycles. The Bertz CT molecular complexity index is 4020. The van der Waals surface area contributed by atoms with Crippen LogP contribution in [0.5, 0.6) is 0 Å². The third kappa shape index (κ3) is 7.20. The Morgan fingerprint density at radius 1 is 0.188 bits per heavy atom. The highest BCUT2D eigenvalue weighted by atomic mass is 15.1. The molecule has 0 atom stereocenters. The van der Waals surface area contributed by atoms with E-state index < -0.39 is 0 Å². The monoisotopic (exact) mass is 875 g/mol. The Labute approximate surface area is 402 Å². The van der Waals surface area contributed by atoms with Crippen LogP contribution in [0.2, 0.25) is 0 Å². The molecule has 0 aliphatic carbocycles. The third-order valence-electron chi connectivity index (χ3n) is 14.0. The van der Waals surface area contributed by atoms with Crippen molar-refractivity contribution in [2.45, 2.75) is 0 Å². The fourth-order valence-corrected chi connectivity index (χ4v) is 10.7. The molecular weight excluding hydrogens is 831 g/mol. The van der Waals surface area contributed by atoms with E-state index in [4.69, 9.17) is 0 Å². The Kier molecular flexibility index (Phi) is 9.91. The number of hydrogen-bond donors (Lipinski definition) is 0. The molecule has 0 amide bonds. The highest BCUT2D eigenvalue weighted by molar-refractivity contribution is 6.22. The summed E-state index contributed by atoms with van der Waals surface area (Å²) in [4.78, 5) is 2.38. The molecule has 0 fully saturated rings. The molecule has 0 spiro atoms. The van der Waals surface area contributed by atoms with Crippen molar-refractivity contribution in [3.8, 4) is 55.6 Å². The second-order valence-electron chi connectivity index (χ2n) is 18.0. The first-order chi connectivity index (χ1) is 34.2. The normalized spacial score (nSPS) is 11.5. The molecule has 13 rings (SSSR count). The second kappa shape index (κ2) is 17.0. The van der Waals surface area contributed by atoms with Crippen LogP contribution in [0, 0.1) is 0 Å². The quantitative estimate of drug-likeness (QED) is 0.138. The highest BCUT2D eigenvalue weighted by Crippen LogP contribution is 2.46. The average molecular weight is 876 g/mol. The van der Waals surface area contributed by atoms with Gasteiger partial charge in [0.15, 0.2) is 0 Å². The van der Waals surface area contributed by atoms with Crippen LogP contribution in [0.4, 0.5) is 17.1 Å². The average Bonchev–Trinajstić information content (AvgIpc) is 3.43. The van der Waals surface area contributed by atoms with Crippen LogP contribution in [-0.4, -0.2) is 0 Å². The van der Waals surface area contributed by atoms with E-state index in [-0.39, 0.29) is 0 Å². The van der Waals surface area contributed by atoms with Gasteiger partial charge in [0.05, 0.1) is 0 Å². The SMILES string of the molecule is c1ccc(-c2c(-c3ccccc3)c3cc(-c4ccc(N(c5ccc(-c6ccc7ccccc7c6)cc5)c5ccc(-c6cccc7c6ccc6ccccc67)cc5)cc4)ccc3c3ccccc23)cc1. The van der Waals surface area contributed by atoms with Crippen LogP contribution in [0.3, 0.4) is 0 Å². The number of anilines is 3. The van der Waals surface area contributed by atoms with Gasteiger partial charge in [0, 0.05) is 17.1 Å². The summed E-state index contributed by atoms with van der Waals surface area (Å²) in [5, 5.41) is 12.6. The van der Waals surface area contributed by atoms with Gasteiger partial charge >= 0.3 is 0 Å². The van der Waals surface area contributed by atoms with Gasteiger partial charge in [0.2, 0.25) is 0 Å². The van der Waals surface area contributed by atoms with E-state index in [1.807, 2.05) is 0 Å². The molecule has 0 bridgehead atoms. The van der Waals surface area contributed by atoms with Crippen molar-refractivity contribution in [3.05, 3.63) is 273 Å². The Hall–Kier alpha value is -9.04. The molecule has 0 radical (unpaired) electrons. The van der Waals surface area contributed by atoms with Crippen molar-refractivity contribution in [1.82, 2.24) is 0 Å². The summed E-state index contributed by atoms with van der Waals surface area (Å²) in [6.07, 6.45) is 0. The van der Waals surface area contributed by atoms with E-state index in [0.717, 1.165) is 17.1 Å². The number of fused-ring (bicyclic) bond motifs is 7. The van der Waals surface area contributed by atoms with Gasteiger partial charge in [0.25, 0.3) is 0 Å². The summed E-state index contributed by atoms with van der Waals surface area (Å²) in [6, 6.07) is 100.0. The largest absolute Gasteiger partial charge is 0.311 e. The number of benzene rings is 13. The van der Waals surface area contributed by atoms with Crippen molar-refractivity contribution in [1.29, 1.82) is 0 Å². The minimum atomic E-state index is 1.09. The van der Waals surface area contributed by atoms with Gasteiger partial charge < -0.3 is 4.90 Å². The maximum Gasteiger partial charge on any atom is 0.0462 e. The van der Waals surface area contributed by atoms with Gasteiger partial charge in [-0.15, -0.1) is 0 Å². The first-order valence-corrected chi connectivity index (χ1v) is 23.8. The molecule has 0 unspecified atom stereocenters. The lowest BCUT2D eigenvalue weighted by atomic mass is 9.84. The van der Waals surface area contributed by atoms with Crippen LogP contribution in [0.25, 0.3) is 109 Å². The lowest BCUT2D eigenvalue weighted by Crippen LogP contribution is -2.09. The van der Waals surface area contributed by atoms with E-state index in [1.54, 1.807) is 0 Å². The standard InChI is InChI=1S/C68H45N/c1-3-16-51(17-4-1)67-65-23-12-11-22-62(65)64-43-35-55(45-66(64)68(67)52-18-5-2-6-19-52)48-30-38-57(39-31-48)69(56-36-28-47(29-37-56)54-27-26-46-14-7-8-20-53(46)44-54)58-40-32-50(33-41-58)60-24-13-25-61-59-21-10-9-15-49(59)34-42-63(60)61/h1-45H. The molecule has 1 heteroatoms. The molecule has 13 aromatic rings. The van der Waals surface area contributed by atoms with E-state index >= 15 is 0 Å². The van der Waals surface area contributed by atoms with Gasteiger partial charge in [-0.1, -0.05) is 224 Å². The molecule has 1 nitrogen and oxygen atoms in total. The number of hydrogen-bond acceptors (Lipinski definition) is 1. The molecule has 0 aromatic heterocycles. The molecular formula is C68H45N. The fourth-order valence-electron chi connectivity index (χ4n) is 10.7. The first kappa shape index (κ1) is 40.3. The minimum Gasteiger partial charge on any atom is -0.311 e. The molecule has 0 heterocycles. The van der Waals surface area contributed by atoms with Crippen LogP contribution >= 0.6 is 0 Å². The fraction of sp³-hybridized carbons (Fsp3) is 0. The van der Waals surface area contributed by atoms with E-state index in [1.165, 1.54) is 109 Å². The summed E-state index contributed by atoms with van der Waals surface area (Å²) in [6.45, 7) is 0. The van der Waals surface area contributed by atoms with Gasteiger partial charge in [-0.3, -0.25) is 0 Å². The van der Waals surface area contributed by atoms with Crippen LogP contribution in [0.15, 0.2) is 273 Å². The Morgan fingerprint density at radius 3 is 1.26 bits per heavy atom. The Balaban J connectivity index is 0.919. The molecule has 0 saturated carbocycles. The van der Waals surface area contributed by atoms with E-state index in [9.17, 15) is 0 Å². The zero-order chi connectivity index (χ0) is 45.7. The van der Waals surface area contributed by atoms with Gasteiger partial charge in [-0.05, 0) is 158 Å². The van der Waals surface area contributed by atoms with Crippen molar-refractivity contribution in [2.24, 2.45) is 0 Å². The highest BCUT2D eigenvalue weighted by Gasteiger charge is 2.19. The topological polar surface area (TPSA) is 3.24 Å². The minimum absolute atomic E-state index is 1.09. The molecule has 0 saturated heterocycles. The molecule has 0 aliphatic rings. The summed E-state index contributed by atoms with van der Waals surface area (Å²) in [5.74, 6) is 0. The Morgan fingerprint density at radius 2 is 0.609 bits per heavy atom. The second-order valence-corrected chi connectivity index (χ2v) is 18.0. The third-order valence-corrected chi connectivity index (χ3v) is 14.0. The van der Waals surface area contributed by atoms with Crippen LogP contribution in [0.1, 0.15) is 0 Å². The molecule has 322 valence electrons. The number of rotatable bonds is 8. The zero-order valence-electron chi connectivity index (χ0n) is 37.9. The molecule has 0 N–H and O–H groups in total. The van der Waals surface area contributed by atoms with E-state index in [2.05, 4.69) is 278 Å². The lowest BCUT2D eigenvalue weighted by Gasteiger charge is -2.26. The summed E-state index contributed by atoms with van der Waals surface area (Å²) in [7, 11) is 0. The molecule has 69 heavy (non-hydrogen) atoms. The maximum atomic E-state index is 2.41. The van der Waals surface area contributed by atoms with Gasteiger partial charge in [-0.25, -0.2) is 0 Å². The van der Waals surface area contributed by atoms with Gasteiger partial charge in [-0.2, -0.15) is 0 Å². The van der Waals surface area contributed by atoms with Crippen LogP contribution in [-0.2, 0) is 0 Å². The van der Waals surface area contributed by atoms with Crippen molar-refractivity contribution < 1.29 is 0 Å². The van der Waals surface area contributed by atoms with Gasteiger partial charge in [0.1, 0.15) is 0 Å². The smallest absolute Gasteiger partial charge is 0.0462 e. The number of nitrogens with zero attached hydrogens (tertiary/aromatic N) is 1. The first-order valence-electron chi connectivity index (χ1n) is 23.8. The molecule has 13 aromatic carbocycles. The lowest BCUT2D eigenvalue weighted by molar-refractivity contribution is 1.28.